The molecule has 0 aliphatic heterocycles. The number of rotatable bonds is 4. The lowest BCUT2D eigenvalue weighted by Gasteiger charge is -2.26. The Morgan fingerprint density at radius 2 is 1.70 bits per heavy atom. The van der Waals surface area contributed by atoms with Gasteiger partial charge in [0.25, 0.3) is 0 Å². The summed E-state index contributed by atoms with van der Waals surface area (Å²) >= 11 is 17.9. The Hall–Kier alpha value is -1.17. The van der Waals surface area contributed by atoms with E-state index in [1.807, 2.05) is 0 Å². The standard InChI is InChI=1S/C15H18Cl3N3O2/c16-10-5-11(17)13(12(18)6-10)23-14(22)9-3-1-8(2-4-9)7-21-15(19)20/h5-6,8-9H,1-4,7H2,(H4,19,20,21). The summed E-state index contributed by atoms with van der Waals surface area (Å²) in [5.41, 5.74) is 10.7. The van der Waals surface area contributed by atoms with E-state index in [4.69, 9.17) is 51.0 Å². The number of hydrogen-bond donors (Lipinski definition) is 2. The topological polar surface area (TPSA) is 90.7 Å². The van der Waals surface area contributed by atoms with Crippen molar-refractivity contribution in [3.8, 4) is 5.75 Å². The molecule has 0 radical (unpaired) electrons. The molecule has 1 saturated carbocycles. The van der Waals surface area contributed by atoms with Gasteiger partial charge in [-0.3, -0.25) is 9.79 Å². The van der Waals surface area contributed by atoms with Gasteiger partial charge >= 0.3 is 5.97 Å². The highest BCUT2D eigenvalue weighted by Gasteiger charge is 2.28. The molecular formula is C15H18Cl3N3O2. The fourth-order valence-electron chi connectivity index (χ4n) is 2.63. The Balaban J connectivity index is 1.92. The molecule has 1 fully saturated rings. The smallest absolute Gasteiger partial charge is 0.314 e. The molecule has 1 aliphatic carbocycles. The number of esters is 1. The fourth-order valence-corrected chi connectivity index (χ4v) is 3.52. The number of guanidine groups is 1. The largest absolute Gasteiger partial charge is 0.423 e. The number of carbonyl (C=O) groups excluding carboxylic acids is 1. The summed E-state index contributed by atoms with van der Waals surface area (Å²) in [5.74, 6) is 0.150. The molecule has 23 heavy (non-hydrogen) atoms. The molecule has 4 N–H and O–H groups in total. The van der Waals surface area contributed by atoms with Crippen molar-refractivity contribution >= 4 is 46.7 Å². The van der Waals surface area contributed by atoms with Crippen LogP contribution in [0.5, 0.6) is 5.75 Å². The molecule has 1 aromatic rings. The zero-order valence-corrected chi connectivity index (χ0v) is 14.7. The Bertz CT molecular complexity index is 587. The van der Waals surface area contributed by atoms with E-state index < -0.39 is 0 Å². The number of aliphatic imine (C=N–C) groups is 1. The normalized spacial score (nSPS) is 20.8. The van der Waals surface area contributed by atoms with Crippen LogP contribution in [0.2, 0.25) is 15.1 Å². The summed E-state index contributed by atoms with van der Waals surface area (Å²) in [6.45, 7) is 0.596. The van der Waals surface area contributed by atoms with E-state index in [9.17, 15) is 4.79 Å². The second-order valence-electron chi connectivity index (χ2n) is 5.60. The lowest BCUT2D eigenvalue weighted by molar-refractivity contribution is -0.140. The summed E-state index contributed by atoms with van der Waals surface area (Å²) in [6, 6.07) is 2.98. The van der Waals surface area contributed by atoms with Crippen LogP contribution in [0.15, 0.2) is 17.1 Å². The Morgan fingerprint density at radius 1 is 1.13 bits per heavy atom. The van der Waals surface area contributed by atoms with Crippen LogP contribution in [-0.2, 0) is 4.79 Å². The predicted octanol–water partition coefficient (Wildman–Crippen LogP) is 3.63. The first kappa shape index (κ1) is 18.2. The fraction of sp³-hybridized carbons (Fsp3) is 0.467. The van der Waals surface area contributed by atoms with Gasteiger partial charge in [0.2, 0.25) is 0 Å². The molecule has 0 bridgehead atoms. The number of nitrogens with two attached hydrogens (primary N) is 2. The summed E-state index contributed by atoms with van der Waals surface area (Å²) < 4.78 is 5.37. The van der Waals surface area contributed by atoms with Crippen molar-refractivity contribution in [3.05, 3.63) is 27.2 Å². The zero-order chi connectivity index (χ0) is 17.0. The van der Waals surface area contributed by atoms with Gasteiger partial charge in [0.05, 0.1) is 16.0 Å². The lowest BCUT2D eigenvalue weighted by Crippen LogP contribution is -2.28. The van der Waals surface area contributed by atoms with Crippen molar-refractivity contribution in [2.75, 3.05) is 6.54 Å². The Labute approximate surface area is 149 Å². The zero-order valence-electron chi connectivity index (χ0n) is 12.4. The molecule has 0 unspecified atom stereocenters. The molecule has 8 heteroatoms. The predicted molar refractivity (Wildman–Crippen MR) is 93.2 cm³/mol. The van der Waals surface area contributed by atoms with Crippen LogP contribution < -0.4 is 16.2 Å². The van der Waals surface area contributed by atoms with Crippen LogP contribution in [0.25, 0.3) is 0 Å². The van der Waals surface area contributed by atoms with Gasteiger partial charge in [0.1, 0.15) is 0 Å². The van der Waals surface area contributed by atoms with Crippen LogP contribution in [0.4, 0.5) is 0 Å². The minimum Gasteiger partial charge on any atom is -0.423 e. The van der Waals surface area contributed by atoms with Crippen LogP contribution in [0, 0.1) is 11.8 Å². The minimum absolute atomic E-state index is 0.0959. The van der Waals surface area contributed by atoms with E-state index in [0.717, 1.165) is 25.7 Å². The molecule has 5 nitrogen and oxygen atoms in total. The number of benzene rings is 1. The highest BCUT2D eigenvalue weighted by atomic mass is 35.5. The number of carbonyl (C=O) groups is 1. The highest BCUT2D eigenvalue weighted by molar-refractivity contribution is 6.40. The van der Waals surface area contributed by atoms with Crippen molar-refractivity contribution in [2.24, 2.45) is 28.3 Å². The average Bonchev–Trinajstić information content (AvgIpc) is 2.49. The Morgan fingerprint density at radius 3 is 2.22 bits per heavy atom. The van der Waals surface area contributed by atoms with Gasteiger partial charge in [-0.1, -0.05) is 34.8 Å². The van der Waals surface area contributed by atoms with E-state index in [2.05, 4.69) is 4.99 Å². The molecule has 0 heterocycles. The van der Waals surface area contributed by atoms with Crippen molar-refractivity contribution in [2.45, 2.75) is 25.7 Å². The van der Waals surface area contributed by atoms with E-state index in [1.165, 1.54) is 12.1 Å². The molecule has 126 valence electrons. The third-order valence-electron chi connectivity index (χ3n) is 3.88. The minimum atomic E-state index is -0.323. The summed E-state index contributed by atoms with van der Waals surface area (Å²) in [7, 11) is 0. The number of nitrogens with zero attached hydrogens (tertiary/aromatic N) is 1. The summed E-state index contributed by atoms with van der Waals surface area (Å²) in [5, 5.41) is 0.828. The van der Waals surface area contributed by atoms with Crippen molar-refractivity contribution in [1.29, 1.82) is 0 Å². The van der Waals surface area contributed by atoms with Gasteiger partial charge in [-0.15, -0.1) is 0 Å². The van der Waals surface area contributed by atoms with Gasteiger partial charge in [-0.25, -0.2) is 0 Å². The van der Waals surface area contributed by atoms with Crippen LogP contribution in [0.3, 0.4) is 0 Å². The molecule has 0 amide bonds. The Kier molecular flexibility index (Phi) is 6.39. The maximum absolute atomic E-state index is 12.3. The van der Waals surface area contributed by atoms with E-state index in [-0.39, 0.29) is 33.6 Å². The second-order valence-corrected chi connectivity index (χ2v) is 6.85. The molecular weight excluding hydrogens is 361 g/mol. The average molecular weight is 379 g/mol. The molecule has 1 aromatic carbocycles. The first-order valence-electron chi connectivity index (χ1n) is 7.28. The molecule has 0 saturated heterocycles. The highest BCUT2D eigenvalue weighted by Crippen LogP contribution is 2.37. The third-order valence-corrected chi connectivity index (χ3v) is 4.66. The molecule has 0 spiro atoms. The van der Waals surface area contributed by atoms with Gasteiger partial charge < -0.3 is 16.2 Å². The lowest BCUT2D eigenvalue weighted by atomic mass is 9.82. The molecule has 0 atom stereocenters. The number of hydrogen-bond acceptors (Lipinski definition) is 3. The first-order chi connectivity index (χ1) is 10.9. The maximum Gasteiger partial charge on any atom is 0.314 e. The maximum atomic E-state index is 12.3. The molecule has 0 aromatic heterocycles. The molecule has 2 rings (SSSR count). The summed E-state index contributed by atoms with van der Waals surface area (Å²) in [6.07, 6.45) is 3.20. The first-order valence-corrected chi connectivity index (χ1v) is 8.42. The van der Waals surface area contributed by atoms with Gasteiger partial charge in [0, 0.05) is 11.6 Å². The van der Waals surface area contributed by atoms with Crippen LogP contribution >= 0.6 is 34.8 Å². The SMILES string of the molecule is NC(N)=NCC1CCC(C(=O)Oc2c(Cl)cc(Cl)cc2Cl)CC1. The van der Waals surface area contributed by atoms with E-state index in [1.54, 1.807) is 0 Å². The van der Waals surface area contributed by atoms with Crippen LogP contribution in [0.1, 0.15) is 25.7 Å². The number of halogens is 3. The van der Waals surface area contributed by atoms with E-state index >= 15 is 0 Å². The second kappa shape index (κ2) is 8.08. The van der Waals surface area contributed by atoms with E-state index in [0.29, 0.717) is 17.5 Å². The molecule has 1 aliphatic rings. The monoisotopic (exact) mass is 377 g/mol. The van der Waals surface area contributed by atoms with Crippen molar-refractivity contribution in [1.82, 2.24) is 0 Å². The quantitative estimate of drug-likeness (QED) is 0.362. The van der Waals surface area contributed by atoms with Crippen molar-refractivity contribution in [3.63, 3.8) is 0 Å². The van der Waals surface area contributed by atoms with Gasteiger partial charge in [0.15, 0.2) is 11.7 Å². The summed E-state index contributed by atoms with van der Waals surface area (Å²) in [4.78, 5) is 16.3. The van der Waals surface area contributed by atoms with Crippen LogP contribution in [-0.4, -0.2) is 18.5 Å². The number of ether oxygens (including phenoxy) is 1. The van der Waals surface area contributed by atoms with Gasteiger partial charge in [-0.05, 0) is 43.7 Å². The van der Waals surface area contributed by atoms with Gasteiger partial charge in [-0.2, -0.15) is 0 Å². The third kappa shape index (κ3) is 5.16. The van der Waals surface area contributed by atoms with Crippen molar-refractivity contribution < 1.29 is 9.53 Å².